The predicted molar refractivity (Wildman–Crippen MR) is 143 cm³/mol. The van der Waals surface area contributed by atoms with Gasteiger partial charge in [0.25, 0.3) is 5.91 Å². The molecule has 2 unspecified atom stereocenters. The third-order valence-corrected chi connectivity index (χ3v) is 6.96. The lowest BCUT2D eigenvalue weighted by molar-refractivity contribution is -0.151. The Morgan fingerprint density at radius 3 is 2.27 bits per heavy atom. The second-order valence-electron chi connectivity index (χ2n) is 10.9. The number of carbonyl (C=O) groups excluding carboxylic acids is 3. The van der Waals surface area contributed by atoms with Gasteiger partial charge in [0.05, 0.1) is 6.20 Å². The Morgan fingerprint density at radius 2 is 1.73 bits per heavy atom. The van der Waals surface area contributed by atoms with E-state index in [9.17, 15) is 24.3 Å². The smallest absolute Gasteiger partial charge is 0.326 e. The number of likely N-dealkylation sites (tertiary alicyclic amines) is 1. The van der Waals surface area contributed by atoms with Gasteiger partial charge >= 0.3 is 5.97 Å². The summed E-state index contributed by atoms with van der Waals surface area (Å²) >= 11 is 3.53. The Morgan fingerprint density at radius 1 is 1.08 bits per heavy atom. The van der Waals surface area contributed by atoms with Crippen molar-refractivity contribution in [3.8, 4) is 0 Å². The first-order chi connectivity index (χ1) is 17.5. The number of thiol groups is 1. The maximum absolute atomic E-state index is 13.6. The van der Waals surface area contributed by atoms with Crippen molar-refractivity contribution >= 4 is 36.3 Å². The van der Waals surface area contributed by atoms with Crippen LogP contribution in [-0.4, -0.2) is 74.6 Å². The predicted octanol–water partition coefficient (Wildman–Crippen LogP) is 2.55. The summed E-state index contributed by atoms with van der Waals surface area (Å²) in [5.41, 5.74) is -0.562. The van der Waals surface area contributed by atoms with Gasteiger partial charge in [0.1, 0.15) is 23.8 Å². The molecule has 3 N–H and O–H groups in total. The molecule has 3 rings (SSSR count). The minimum atomic E-state index is -1.04. The number of rotatable bonds is 7. The second-order valence-corrected chi connectivity index (χ2v) is 10.9. The number of hydrogen-bond donors (Lipinski definition) is 4. The van der Waals surface area contributed by atoms with E-state index in [1.54, 1.807) is 6.26 Å². The fourth-order valence-corrected chi connectivity index (χ4v) is 5.07. The molecule has 1 aliphatic heterocycles. The van der Waals surface area contributed by atoms with Crippen molar-refractivity contribution in [2.45, 2.75) is 84.3 Å². The number of aromatic nitrogens is 2. The fourth-order valence-electron chi connectivity index (χ4n) is 5.07. The lowest BCUT2D eigenvalue weighted by Crippen LogP contribution is -2.61. The molecule has 2 fully saturated rings. The third-order valence-electron chi connectivity index (χ3n) is 6.96. The van der Waals surface area contributed by atoms with E-state index in [1.807, 2.05) is 27.7 Å². The van der Waals surface area contributed by atoms with Gasteiger partial charge < -0.3 is 20.6 Å². The first-order valence-corrected chi connectivity index (χ1v) is 13.7. The van der Waals surface area contributed by atoms with E-state index in [0.717, 1.165) is 32.1 Å². The summed E-state index contributed by atoms with van der Waals surface area (Å²) in [6.07, 6.45) is 10.9. The number of amides is 3. The number of nitrogens with one attached hydrogen (secondary N) is 2. The lowest BCUT2D eigenvalue weighted by Gasteiger charge is -2.37. The van der Waals surface area contributed by atoms with Crippen LogP contribution in [0.1, 0.15) is 76.7 Å². The van der Waals surface area contributed by atoms with E-state index < -0.39 is 47.2 Å². The minimum absolute atomic E-state index is 0.0534. The van der Waals surface area contributed by atoms with Crippen LogP contribution in [0.4, 0.5) is 0 Å². The molecule has 1 saturated heterocycles. The highest BCUT2D eigenvalue weighted by molar-refractivity contribution is 7.79. The third kappa shape index (κ3) is 8.15. The largest absolute Gasteiger partial charge is 0.480 e. The van der Waals surface area contributed by atoms with Gasteiger partial charge in [-0.15, -0.1) is 0 Å². The van der Waals surface area contributed by atoms with Crippen LogP contribution in [0.25, 0.3) is 0 Å². The molecule has 0 aromatic carbocycles. The highest BCUT2D eigenvalue weighted by Gasteiger charge is 2.45. The van der Waals surface area contributed by atoms with Crippen molar-refractivity contribution in [1.82, 2.24) is 25.5 Å². The van der Waals surface area contributed by atoms with E-state index in [1.165, 1.54) is 23.5 Å². The number of aliphatic carboxylic acids is 1. The van der Waals surface area contributed by atoms with E-state index >= 15 is 0 Å². The van der Waals surface area contributed by atoms with Gasteiger partial charge in [-0.3, -0.25) is 19.4 Å². The van der Waals surface area contributed by atoms with Gasteiger partial charge in [-0.05, 0) is 42.8 Å². The van der Waals surface area contributed by atoms with Crippen LogP contribution in [0.2, 0.25) is 0 Å². The van der Waals surface area contributed by atoms with Gasteiger partial charge in [0.15, 0.2) is 0 Å². The van der Waals surface area contributed by atoms with Crippen molar-refractivity contribution in [2.75, 3.05) is 12.8 Å². The molecule has 2 aliphatic rings. The molecule has 206 valence electrons. The monoisotopic (exact) mass is 535 g/mol. The lowest BCUT2D eigenvalue weighted by atomic mass is 9.82. The second kappa shape index (κ2) is 13.7. The zero-order valence-electron chi connectivity index (χ0n) is 22.4. The molecule has 37 heavy (non-hydrogen) atoms. The number of nitrogens with zero attached hydrogens (tertiary/aromatic N) is 3. The molecule has 1 saturated carbocycles. The molecule has 11 heteroatoms. The average Bonchev–Trinajstić information content (AvgIpc) is 3.29. The first-order valence-electron chi connectivity index (χ1n) is 12.8. The summed E-state index contributed by atoms with van der Waals surface area (Å²) in [7, 11) is 0. The summed E-state index contributed by atoms with van der Waals surface area (Å²) in [5.74, 6) is -2.41. The van der Waals surface area contributed by atoms with Crippen LogP contribution in [0.15, 0.2) is 18.6 Å². The van der Waals surface area contributed by atoms with Crippen molar-refractivity contribution in [2.24, 2.45) is 17.3 Å². The Hall–Kier alpha value is -2.69. The molecular formula is C26H41N5O5S. The molecule has 0 spiro atoms. The van der Waals surface area contributed by atoms with Crippen LogP contribution in [0.5, 0.6) is 0 Å². The molecular weight excluding hydrogens is 494 g/mol. The summed E-state index contributed by atoms with van der Waals surface area (Å²) in [6.45, 7) is 7.74. The number of hydrogen-bond acceptors (Lipinski definition) is 7. The Bertz CT molecular complexity index is 933. The number of carbonyl (C=O) groups is 4. The minimum Gasteiger partial charge on any atom is -0.480 e. The molecule has 2 heterocycles. The van der Waals surface area contributed by atoms with Gasteiger partial charge in [-0.2, -0.15) is 12.6 Å². The van der Waals surface area contributed by atoms with E-state index in [-0.39, 0.29) is 17.5 Å². The Labute approximate surface area is 224 Å². The topological polar surface area (TPSA) is 142 Å². The standard InChI is InChI=1S/C25H37N5O5.CH4S/c1-15-12-18(24(34)35)30(14-15)23(33)20(25(2,3)4)29-22(32)19(16-8-6-5-7-9-16)28-21(31)17-13-26-10-11-27-17;1-2/h10-11,13,15-16,18-20H,5-9,12,14H2,1-4H3,(H,28,31)(H,29,32)(H,34,35);2H,1H3/t15-,18?,19?,20-;/m1./s1. The van der Waals surface area contributed by atoms with E-state index in [2.05, 4.69) is 33.2 Å². The van der Waals surface area contributed by atoms with Crippen LogP contribution >= 0.6 is 12.6 Å². The first kappa shape index (κ1) is 30.5. The average molecular weight is 536 g/mol. The van der Waals surface area contributed by atoms with Gasteiger partial charge in [-0.1, -0.05) is 47.0 Å². The van der Waals surface area contributed by atoms with E-state index in [0.29, 0.717) is 13.0 Å². The molecule has 0 radical (unpaired) electrons. The Kier molecular flexibility index (Phi) is 11.3. The number of carboxylic acid groups (broad SMARTS) is 1. The molecule has 4 atom stereocenters. The molecule has 0 bridgehead atoms. The summed E-state index contributed by atoms with van der Waals surface area (Å²) in [5, 5.41) is 15.4. The molecule has 3 amide bonds. The maximum atomic E-state index is 13.6. The SMILES string of the molecule is CS.C[C@@H]1CC(C(=O)O)N(C(=O)[C@@H](NC(=O)C(NC(=O)c2cnccn2)C2CCCCC2)C(C)(C)C)C1. The summed E-state index contributed by atoms with van der Waals surface area (Å²) < 4.78 is 0. The summed E-state index contributed by atoms with van der Waals surface area (Å²) in [6, 6.07) is -2.69. The van der Waals surface area contributed by atoms with Crippen molar-refractivity contribution in [1.29, 1.82) is 0 Å². The van der Waals surface area contributed by atoms with Crippen molar-refractivity contribution < 1.29 is 24.3 Å². The van der Waals surface area contributed by atoms with Crippen LogP contribution < -0.4 is 10.6 Å². The number of carboxylic acids is 1. The maximum Gasteiger partial charge on any atom is 0.326 e. The van der Waals surface area contributed by atoms with Gasteiger partial charge in [-0.25, -0.2) is 9.78 Å². The van der Waals surface area contributed by atoms with Crippen LogP contribution in [0.3, 0.4) is 0 Å². The van der Waals surface area contributed by atoms with Crippen LogP contribution in [-0.2, 0) is 14.4 Å². The Balaban J connectivity index is 0.00000235. The quantitative estimate of drug-likeness (QED) is 0.393. The highest BCUT2D eigenvalue weighted by atomic mass is 32.1. The zero-order chi connectivity index (χ0) is 27.8. The highest BCUT2D eigenvalue weighted by Crippen LogP contribution is 2.30. The van der Waals surface area contributed by atoms with E-state index in [4.69, 9.17) is 0 Å². The molecule has 1 aromatic rings. The zero-order valence-corrected chi connectivity index (χ0v) is 23.3. The van der Waals surface area contributed by atoms with Crippen LogP contribution in [0, 0.1) is 17.3 Å². The van der Waals surface area contributed by atoms with Crippen molar-refractivity contribution in [3.05, 3.63) is 24.3 Å². The molecule has 1 aliphatic carbocycles. The summed E-state index contributed by atoms with van der Waals surface area (Å²) in [4.78, 5) is 61.1. The normalized spacial score (nSPS) is 21.7. The molecule has 1 aromatic heterocycles. The van der Waals surface area contributed by atoms with Gasteiger partial charge in [0.2, 0.25) is 11.8 Å². The van der Waals surface area contributed by atoms with Gasteiger partial charge in [0, 0.05) is 18.9 Å². The van der Waals surface area contributed by atoms with Crippen molar-refractivity contribution in [3.63, 3.8) is 0 Å². The fraction of sp³-hybridized carbons (Fsp3) is 0.692. The molecule has 10 nitrogen and oxygen atoms in total.